The minimum Gasteiger partial charge on any atom is -0.479 e. The average molecular weight is 312 g/mol. The molecule has 0 N–H and O–H groups in total. The van der Waals surface area contributed by atoms with Crippen LogP contribution >= 0.6 is 11.6 Å². The number of halogens is 1. The zero-order chi connectivity index (χ0) is 15.2. The number of imidazole rings is 1. The lowest BCUT2D eigenvalue weighted by molar-refractivity contribution is 0.387. The average Bonchev–Trinajstić information content (AvgIpc) is 2.81. The van der Waals surface area contributed by atoms with E-state index in [4.69, 9.17) is 16.3 Å². The molecular weight excluding hydrogens is 290 g/mol. The molecule has 0 atom stereocenters. The van der Waals surface area contributed by atoms with Crippen LogP contribution in [0.25, 0.3) is 11.2 Å². The predicted octanol–water partition coefficient (Wildman–Crippen LogP) is 1.96. The van der Waals surface area contributed by atoms with Crippen LogP contribution in [0.3, 0.4) is 0 Å². The van der Waals surface area contributed by atoms with Gasteiger partial charge in [-0.3, -0.25) is 0 Å². The minimum absolute atomic E-state index is 0.517. The van der Waals surface area contributed by atoms with Gasteiger partial charge in [0.25, 0.3) is 0 Å². The summed E-state index contributed by atoms with van der Waals surface area (Å²) < 4.78 is 7.40. The molecule has 7 heteroatoms. The monoisotopic (exact) mass is 311 g/mol. The fraction of sp³-hybridized carbons (Fsp3) is 0.643. The highest BCUT2D eigenvalue weighted by atomic mass is 35.5. The lowest BCUT2D eigenvalue weighted by Gasteiger charge is -2.11. The second-order valence-corrected chi connectivity index (χ2v) is 5.56. The molecule has 2 aromatic rings. The Morgan fingerprint density at radius 1 is 1.29 bits per heavy atom. The Labute approximate surface area is 130 Å². The van der Waals surface area contributed by atoms with Crippen LogP contribution in [0, 0.1) is 0 Å². The van der Waals surface area contributed by atoms with Gasteiger partial charge in [-0.05, 0) is 33.5 Å². The van der Waals surface area contributed by atoms with Gasteiger partial charge in [-0.1, -0.05) is 0 Å². The largest absolute Gasteiger partial charge is 0.479 e. The summed E-state index contributed by atoms with van der Waals surface area (Å²) >= 11 is 5.88. The molecule has 0 aliphatic carbocycles. The van der Waals surface area contributed by atoms with Gasteiger partial charge in [-0.15, -0.1) is 11.6 Å². The van der Waals surface area contributed by atoms with E-state index in [0.29, 0.717) is 17.3 Å². The molecule has 0 spiro atoms. The van der Waals surface area contributed by atoms with Crippen LogP contribution in [-0.4, -0.2) is 58.0 Å². The first kappa shape index (κ1) is 16.0. The predicted molar refractivity (Wildman–Crippen MR) is 84.1 cm³/mol. The van der Waals surface area contributed by atoms with Crippen molar-refractivity contribution in [3.63, 3.8) is 0 Å². The number of rotatable bonds is 8. The van der Waals surface area contributed by atoms with Gasteiger partial charge >= 0.3 is 0 Å². The lowest BCUT2D eigenvalue weighted by Crippen LogP contribution is -2.14. The SMILES string of the molecule is COc1ncnc2c1nc(CCCl)n2CCCCN(C)C. The van der Waals surface area contributed by atoms with Crippen molar-refractivity contribution < 1.29 is 4.74 Å². The Hall–Kier alpha value is -1.40. The first-order valence-electron chi connectivity index (χ1n) is 7.12. The minimum atomic E-state index is 0.517. The summed E-state index contributed by atoms with van der Waals surface area (Å²) in [5.74, 6) is 2.00. The number of aromatic nitrogens is 4. The van der Waals surface area contributed by atoms with Crippen LogP contribution in [0.4, 0.5) is 0 Å². The zero-order valence-corrected chi connectivity index (χ0v) is 13.6. The van der Waals surface area contributed by atoms with Gasteiger partial charge in [0.15, 0.2) is 11.2 Å². The van der Waals surface area contributed by atoms with Crippen molar-refractivity contribution in [2.24, 2.45) is 0 Å². The molecule has 0 aromatic carbocycles. The van der Waals surface area contributed by atoms with E-state index >= 15 is 0 Å². The summed E-state index contributed by atoms with van der Waals surface area (Å²) in [5.41, 5.74) is 1.54. The maximum atomic E-state index is 5.88. The standard InChI is InChI=1S/C14H22ClN5O/c1-19(2)8-4-5-9-20-11(6-7-15)18-12-13(20)16-10-17-14(12)21-3/h10H,4-9H2,1-3H3. The lowest BCUT2D eigenvalue weighted by atomic mass is 10.3. The van der Waals surface area contributed by atoms with Gasteiger partial charge in [0.05, 0.1) is 7.11 Å². The molecule has 2 aromatic heterocycles. The zero-order valence-electron chi connectivity index (χ0n) is 12.8. The van der Waals surface area contributed by atoms with Crippen molar-refractivity contribution in [1.29, 1.82) is 0 Å². The number of nitrogens with zero attached hydrogens (tertiary/aromatic N) is 5. The van der Waals surface area contributed by atoms with Gasteiger partial charge in [0, 0.05) is 18.8 Å². The highest BCUT2D eigenvalue weighted by Crippen LogP contribution is 2.22. The molecule has 116 valence electrons. The first-order chi connectivity index (χ1) is 10.2. The third-order valence-electron chi connectivity index (χ3n) is 3.33. The molecule has 6 nitrogen and oxygen atoms in total. The topological polar surface area (TPSA) is 56.1 Å². The van der Waals surface area contributed by atoms with Crippen molar-refractivity contribution in [3.05, 3.63) is 12.2 Å². The van der Waals surface area contributed by atoms with Crippen LogP contribution in [0.15, 0.2) is 6.33 Å². The second-order valence-electron chi connectivity index (χ2n) is 5.18. The van der Waals surface area contributed by atoms with Gasteiger partial charge in [0.2, 0.25) is 5.88 Å². The summed E-state index contributed by atoms with van der Waals surface area (Å²) in [5, 5.41) is 0. The number of ether oxygens (including phenoxy) is 1. The number of hydrogen-bond acceptors (Lipinski definition) is 5. The number of fused-ring (bicyclic) bond motifs is 1. The summed E-state index contributed by atoms with van der Waals surface area (Å²) in [6, 6.07) is 0. The van der Waals surface area contributed by atoms with Gasteiger partial charge in [0.1, 0.15) is 12.2 Å². The molecule has 2 heterocycles. The Balaban J connectivity index is 2.24. The molecular formula is C14H22ClN5O. The number of hydrogen-bond donors (Lipinski definition) is 0. The first-order valence-corrected chi connectivity index (χ1v) is 7.65. The smallest absolute Gasteiger partial charge is 0.245 e. The molecule has 0 amide bonds. The summed E-state index contributed by atoms with van der Waals surface area (Å²) in [6.07, 6.45) is 4.44. The molecule has 0 radical (unpaired) electrons. The van der Waals surface area contributed by atoms with Crippen LogP contribution < -0.4 is 4.74 Å². The van der Waals surface area contributed by atoms with E-state index in [1.165, 1.54) is 6.33 Å². The summed E-state index contributed by atoms with van der Waals surface area (Å²) in [6.45, 7) is 1.96. The molecule has 0 saturated heterocycles. The maximum absolute atomic E-state index is 5.88. The van der Waals surface area contributed by atoms with Crippen LogP contribution in [-0.2, 0) is 13.0 Å². The van der Waals surface area contributed by atoms with Crippen molar-refractivity contribution in [2.45, 2.75) is 25.8 Å². The third kappa shape index (κ3) is 3.83. The number of unbranched alkanes of at least 4 members (excludes halogenated alkanes) is 1. The number of alkyl halides is 1. The van der Waals surface area contributed by atoms with E-state index in [1.54, 1.807) is 7.11 Å². The van der Waals surface area contributed by atoms with Crippen molar-refractivity contribution >= 4 is 22.8 Å². The van der Waals surface area contributed by atoms with Crippen LogP contribution in [0.2, 0.25) is 0 Å². The second kappa shape index (κ2) is 7.56. The van der Waals surface area contributed by atoms with E-state index in [1.807, 2.05) is 0 Å². The fourth-order valence-corrected chi connectivity index (χ4v) is 2.49. The quantitative estimate of drug-likeness (QED) is 0.551. The summed E-state index contributed by atoms with van der Waals surface area (Å²) in [4.78, 5) is 15.3. The number of aryl methyl sites for hydroxylation is 2. The molecule has 0 saturated carbocycles. The molecule has 0 aliphatic heterocycles. The molecule has 0 bridgehead atoms. The van der Waals surface area contributed by atoms with Crippen molar-refractivity contribution in [1.82, 2.24) is 24.4 Å². The van der Waals surface area contributed by atoms with E-state index in [9.17, 15) is 0 Å². The van der Waals surface area contributed by atoms with E-state index in [-0.39, 0.29) is 0 Å². The molecule has 0 unspecified atom stereocenters. The highest BCUT2D eigenvalue weighted by molar-refractivity contribution is 6.17. The van der Waals surface area contributed by atoms with Crippen molar-refractivity contribution in [2.75, 3.05) is 33.6 Å². The molecule has 0 aliphatic rings. The Morgan fingerprint density at radius 2 is 2.10 bits per heavy atom. The Bertz CT molecular complexity index is 584. The van der Waals surface area contributed by atoms with E-state index < -0.39 is 0 Å². The molecule has 2 rings (SSSR count). The van der Waals surface area contributed by atoms with E-state index in [0.717, 1.165) is 43.8 Å². The Kier molecular flexibility index (Phi) is 5.76. The van der Waals surface area contributed by atoms with Crippen LogP contribution in [0.1, 0.15) is 18.7 Å². The Morgan fingerprint density at radius 3 is 2.76 bits per heavy atom. The van der Waals surface area contributed by atoms with Gasteiger partial charge in [-0.25, -0.2) is 9.97 Å². The van der Waals surface area contributed by atoms with Gasteiger partial charge < -0.3 is 14.2 Å². The summed E-state index contributed by atoms with van der Waals surface area (Å²) in [7, 11) is 5.77. The fourth-order valence-electron chi connectivity index (χ4n) is 2.32. The third-order valence-corrected chi connectivity index (χ3v) is 3.51. The molecule has 0 fully saturated rings. The van der Waals surface area contributed by atoms with Crippen LogP contribution in [0.5, 0.6) is 5.88 Å². The maximum Gasteiger partial charge on any atom is 0.245 e. The van der Waals surface area contributed by atoms with Crippen molar-refractivity contribution in [3.8, 4) is 5.88 Å². The van der Waals surface area contributed by atoms with E-state index in [2.05, 4.69) is 38.5 Å². The normalized spacial score (nSPS) is 11.5. The van der Waals surface area contributed by atoms with Gasteiger partial charge in [-0.2, -0.15) is 4.98 Å². The number of methoxy groups -OCH3 is 1. The highest BCUT2D eigenvalue weighted by Gasteiger charge is 2.15. The molecule has 21 heavy (non-hydrogen) atoms.